The zero-order valence-electron chi connectivity index (χ0n) is 15.3. The number of aromatic nitrogens is 2. The number of hydrogen-bond acceptors (Lipinski definition) is 5. The van der Waals surface area contributed by atoms with Crippen molar-refractivity contribution in [1.82, 2.24) is 9.38 Å². The third-order valence-electron chi connectivity index (χ3n) is 5.22. The lowest BCUT2D eigenvalue weighted by atomic mass is 10.1. The second-order valence-electron chi connectivity index (χ2n) is 6.94. The highest BCUT2D eigenvalue weighted by molar-refractivity contribution is 6.12. The van der Waals surface area contributed by atoms with Crippen molar-refractivity contribution in [3.63, 3.8) is 0 Å². The zero-order chi connectivity index (χ0) is 19.4. The maximum Gasteiger partial charge on any atom is 0.262 e. The standard InChI is InChI=1S/C22H16N4O3/c27-22-15-5-1-2-6-16(15)24-21(17-12-25-10-4-3-7-20(25)23-17)26(22)14-8-9-18-19(11-14)29-13-28-18/h1-12,21,24H,13H2. The minimum absolute atomic E-state index is 0.0970. The molecule has 2 aliphatic heterocycles. The summed E-state index contributed by atoms with van der Waals surface area (Å²) < 4.78 is 12.9. The van der Waals surface area contributed by atoms with Gasteiger partial charge in [0.05, 0.1) is 11.3 Å². The molecular formula is C22H16N4O3. The molecule has 1 N–H and O–H groups in total. The molecule has 0 saturated carbocycles. The molecule has 1 atom stereocenters. The molecule has 6 rings (SSSR count). The molecule has 142 valence electrons. The Labute approximate surface area is 166 Å². The number of ether oxygens (including phenoxy) is 2. The molecule has 0 spiro atoms. The summed E-state index contributed by atoms with van der Waals surface area (Å²) in [7, 11) is 0. The van der Waals surface area contributed by atoms with Crippen LogP contribution in [0, 0.1) is 0 Å². The summed E-state index contributed by atoms with van der Waals surface area (Å²) in [6, 6.07) is 18.9. The molecule has 2 aromatic carbocycles. The van der Waals surface area contributed by atoms with Crippen molar-refractivity contribution in [2.45, 2.75) is 6.17 Å². The summed E-state index contributed by atoms with van der Waals surface area (Å²) in [6.45, 7) is 0.184. The van der Waals surface area contributed by atoms with Crippen LogP contribution in [0.3, 0.4) is 0 Å². The molecule has 2 aliphatic rings. The molecule has 0 aliphatic carbocycles. The normalized spacial score (nSPS) is 17.3. The number of carbonyl (C=O) groups is 1. The van der Waals surface area contributed by atoms with Crippen molar-refractivity contribution >= 4 is 22.9 Å². The summed E-state index contributed by atoms with van der Waals surface area (Å²) in [5, 5.41) is 3.48. The van der Waals surface area contributed by atoms with Crippen molar-refractivity contribution in [2.75, 3.05) is 17.0 Å². The van der Waals surface area contributed by atoms with Crippen molar-refractivity contribution in [3.05, 3.63) is 84.3 Å². The van der Waals surface area contributed by atoms with Gasteiger partial charge in [-0.25, -0.2) is 4.98 Å². The van der Waals surface area contributed by atoms with Gasteiger partial charge in [0.15, 0.2) is 17.7 Å². The van der Waals surface area contributed by atoms with Crippen molar-refractivity contribution in [2.24, 2.45) is 0 Å². The number of pyridine rings is 1. The fourth-order valence-electron chi connectivity index (χ4n) is 3.85. The van der Waals surface area contributed by atoms with Crippen molar-refractivity contribution < 1.29 is 14.3 Å². The molecule has 4 heterocycles. The van der Waals surface area contributed by atoms with E-state index in [-0.39, 0.29) is 12.7 Å². The highest BCUT2D eigenvalue weighted by Gasteiger charge is 2.36. The molecule has 1 unspecified atom stereocenters. The monoisotopic (exact) mass is 384 g/mol. The quantitative estimate of drug-likeness (QED) is 0.569. The SMILES string of the molecule is O=C1c2ccccc2NC(c2cn3ccccc3n2)N1c1ccc2c(c1)OCO2. The van der Waals surface area contributed by atoms with E-state index in [2.05, 4.69) is 5.32 Å². The molecule has 0 saturated heterocycles. The van der Waals surface area contributed by atoms with Crippen LogP contribution in [-0.2, 0) is 0 Å². The molecule has 2 aromatic heterocycles. The van der Waals surface area contributed by atoms with Crippen LogP contribution in [-0.4, -0.2) is 22.1 Å². The summed E-state index contributed by atoms with van der Waals surface area (Å²) in [5.41, 5.74) is 3.68. The average molecular weight is 384 g/mol. The first kappa shape index (κ1) is 16.0. The lowest BCUT2D eigenvalue weighted by molar-refractivity contribution is 0.0974. The molecule has 1 amide bonds. The Morgan fingerprint density at radius 3 is 2.79 bits per heavy atom. The maximum atomic E-state index is 13.5. The van der Waals surface area contributed by atoms with E-state index in [0.717, 1.165) is 17.0 Å². The van der Waals surface area contributed by atoms with Crippen molar-refractivity contribution in [3.8, 4) is 11.5 Å². The number of nitrogens with zero attached hydrogens (tertiary/aromatic N) is 3. The van der Waals surface area contributed by atoms with E-state index in [4.69, 9.17) is 14.5 Å². The minimum Gasteiger partial charge on any atom is -0.454 e. The largest absolute Gasteiger partial charge is 0.454 e. The number of carbonyl (C=O) groups excluding carboxylic acids is 1. The van der Waals surface area contributed by atoms with Crippen molar-refractivity contribution in [1.29, 1.82) is 0 Å². The van der Waals surface area contributed by atoms with Gasteiger partial charge in [-0.05, 0) is 36.4 Å². The Kier molecular flexibility index (Phi) is 3.31. The van der Waals surface area contributed by atoms with Gasteiger partial charge in [-0.3, -0.25) is 9.69 Å². The molecule has 0 fully saturated rings. The van der Waals surface area contributed by atoms with Crippen LogP contribution in [0.1, 0.15) is 22.2 Å². The molecule has 29 heavy (non-hydrogen) atoms. The topological polar surface area (TPSA) is 68.1 Å². The predicted molar refractivity (Wildman–Crippen MR) is 107 cm³/mol. The predicted octanol–water partition coefficient (Wildman–Crippen LogP) is 3.83. The number of fused-ring (bicyclic) bond motifs is 3. The van der Waals surface area contributed by atoms with Gasteiger partial charge in [-0.15, -0.1) is 0 Å². The second kappa shape index (κ2) is 6.00. The number of nitrogens with one attached hydrogen (secondary N) is 1. The van der Waals surface area contributed by atoms with E-state index in [0.29, 0.717) is 22.7 Å². The van der Waals surface area contributed by atoms with Crippen LogP contribution in [0.25, 0.3) is 5.65 Å². The van der Waals surface area contributed by atoms with Crippen LogP contribution in [0.2, 0.25) is 0 Å². The number of benzene rings is 2. The molecule has 7 nitrogen and oxygen atoms in total. The lowest BCUT2D eigenvalue weighted by Gasteiger charge is -2.37. The number of hydrogen-bond donors (Lipinski definition) is 1. The Hall–Kier alpha value is -4.00. The van der Waals surface area contributed by atoms with Crippen LogP contribution in [0.15, 0.2) is 73.1 Å². The average Bonchev–Trinajstić information content (AvgIpc) is 3.40. The summed E-state index contributed by atoms with van der Waals surface area (Å²) in [4.78, 5) is 20.0. The Balaban J connectivity index is 1.52. The Morgan fingerprint density at radius 1 is 1.00 bits per heavy atom. The third kappa shape index (κ3) is 2.44. The van der Waals surface area contributed by atoms with Gasteiger partial charge in [0.1, 0.15) is 11.3 Å². The van der Waals surface area contributed by atoms with Crippen LogP contribution in [0.4, 0.5) is 11.4 Å². The number of rotatable bonds is 2. The first-order chi connectivity index (χ1) is 14.3. The van der Waals surface area contributed by atoms with Gasteiger partial charge in [0, 0.05) is 24.1 Å². The smallest absolute Gasteiger partial charge is 0.262 e. The minimum atomic E-state index is -0.460. The Bertz CT molecular complexity index is 1230. The van der Waals surface area contributed by atoms with Crippen LogP contribution < -0.4 is 19.7 Å². The van der Waals surface area contributed by atoms with Gasteiger partial charge >= 0.3 is 0 Å². The summed E-state index contributed by atoms with van der Waals surface area (Å²) in [5.74, 6) is 1.21. The lowest BCUT2D eigenvalue weighted by Crippen LogP contribution is -2.43. The molecular weight excluding hydrogens is 368 g/mol. The first-order valence-electron chi connectivity index (χ1n) is 9.30. The fourth-order valence-corrected chi connectivity index (χ4v) is 3.85. The Morgan fingerprint density at radius 2 is 1.86 bits per heavy atom. The number of amides is 1. The highest BCUT2D eigenvalue weighted by Crippen LogP contribution is 2.41. The van der Waals surface area contributed by atoms with E-state index >= 15 is 0 Å². The highest BCUT2D eigenvalue weighted by atomic mass is 16.7. The zero-order valence-corrected chi connectivity index (χ0v) is 15.3. The van der Waals surface area contributed by atoms with E-state index in [1.165, 1.54) is 0 Å². The van der Waals surface area contributed by atoms with Crippen LogP contribution in [0.5, 0.6) is 11.5 Å². The van der Waals surface area contributed by atoms with Gasteiger partial charge in [-0.1, -0.05) is 18.2 Å². The number of para-hydroxylation sites is 1. The second-order valence-corrected chi connectivity index (χ2v) is 6.94. The number of anilines is 2. The van der Waals surface area contributed by atoms with E-state index in [9.17, 15) is 4.79 Å². The maximum absolute atomic E-state index is 13.5. The van der Waals surface area contributed by atoms with Gasteiger partial charge in [0.2, 0.25) is 6.79 Å². The summed E-state index contributed by atoms with van der Waals surface area (Å²) in [6.07, 6.45) is 3.42. The molecule has 0 bridgehead atoms. The fraction of sp³-hybridized carbons (Fsp3) is 0.0909. The third-order valence-corrected chi connectivity index (χ3v) is 5.22. The molecule has 4 aromatic rings. The number of imidazole rings is 1. The van der Waals surface area contributed by atoms with Crippen LogP contribution >= 0.6 is 0 Å². The molecule has 7 heteroatoms. The first-order valence-corrected chi connectivity index (χ1v) is 9.30. The van der Waals surface area contributed by atoms with E-state index < -0.39 is 6.17 Å². The molecule has 0 radical (unpaired) electrons. The van der Waals surface area contributed by atoms with E-state index in [1.807, 2.05) is 77.5 Å². The van der Waals surface area contributed by atoms with Gasteiger partial charge in [-0.2, -0.15) is 0 Å². The van der Waals surface area contributed by atoms with Gasteiger partial charge < -0.3 is 19.2 Å². The van der Waals surface area contributed by atoms with E-state index in [1.54, 1.807) is 4.90 Å². The summed E-state index contributed by atoms with van der Waals surface area (Å²) >= 11 is 0. The van der Waals surface area contributed by atoms with Gasteiger partial charge in [0.25, 0.3) is 5.91 Å².